The Bertz CT molecular complexity index is 294. The maximum atomic E-state index is 10.6. The maximum Gasteiger partial charge on any atom is 0.342 e. The predicted molar refractivity (Wildman–Crippen MR) is 39.3 cm³/mol. The molecule has 0 atom stereocenters. The molecule has 3 nitrogen and oxygen atoms in total. The van der Waals surface area contributed by atoms with Crippen molar-refractivity contribution in [3.8, 4) is 0 Å². The van der Waals surface area contributed by atoms with Gasteiger partial charge in [0.15, 0.2) is 11.9 Å². The highest BCUT2D eigenvalue weighted by atomic mass is 16.4. The van der Waals surface area contributed by atoms with Crippen molar-refractivity contribution in [2.24, 2.45) is 7.05 Å². The van der Waals surface area contributed by atoms with E-state index in [9.17, 15) is 4.79 Å². The van der Waals surface area contributed by atoms with Crippen LogP contribution in [0.3, 0.4) is 0 Å². The van der Waals surface area contributed by atoms with E-state index in [1.807, 2.05) is 13.2 Å². The smallest absolute Gasteiger partial charge is 0.342 e. The third-order valence-corrected chi connectivity index (χ3v) is 1.72. The fraction of sp³-hybridized carbons (Fsp3) is 0.250. The van der Waals surface area contributed by atoms with Crippen LogP contribution in [0.1, 0.15) is 16.1 Å². The minimum atomic E-state index is -0.876. The number of carboxylic acids is 1. The number of hydrogen-bond acceptors (Lipinski definition) is 1. The maximum absolute atomic E-state index is 10.6. The first-order valence-corrected chi connectivity index (χ1v) is 3.31. The van der Waals surface area contributed by atoms with Gasteiger partial charge in [-0.05, 0) is 6.07 Å². The molecule has 0 aliphatic heterocycles. The molecule has 0 aliphatic carbocycles. The quantitative estimate of drug-likeness (QED) is 0.596. The fourth-order valence-corrected chi connectivity index (χ4v) is 0.917. The van der Waals surface area contributed by atoms with Crippen molar-refractivity contribution in [2.75, 3.05) is 0 Å². The van der Waals surface area contributed by atoms with Crippen LogP contribution in [0, 0.1) is 6.92 Å². The third kappa shape index (κ3) is 1.37. The van der Waals surface area contributed by atoms with Gasteiger partial charge in [-0.1, -0.05) is 0 Å². The van der Waals surface area contributed by atoms with E-state index in [-0.39, 0.29) is 0 Å². The van der Waals surface area contributed by atoms with Gasteiger partial charge in [0, 0.05) is 13.0 Å². The predicted octanol–water partition coefficient (Wildman–Crippen LogP) is 0.518. The lowest BCUT2D eigenvalue weighted by Crippen LogP contribution is -2.33. The molecule has 0 unspecified atom stereocenters. The van der Waals surface area contributed by atoms with Crippen LogP contribution in [0.2, 0.25) is 0 Å². The first-order valence-electron chi connectivity index (χ1n) is 3.31. The number of nitrogens with zero attached hydrogens (tertiary/aromatic N) is 1. The van der Waals surface area contributed by atoms with Crippen molar-refractivity contribution in [2.45, 2.75) is 6.92 Å². The van der Waals surface area contributed by atoms with Crippen LogP contribution in [-0.4, -0.2) is 11.1 Å². The summed E-state index contributed by atoms with van der Waals surface area (Å²) in [5.74, 6) is -0.876. The number of pyridine rings is 1. The number of aromatic nitrogens is 1. The summed E-state index contributed by atoms with van der Waals surface area (Å²) in [5.41, 5.74) is 1.12. The summed E-state index contributed by atoms with van der Waals surface area (Å²) < 4.78 is 1.78. The lowest BCUT2D eigenvalue weighted by atomic mass is 10.2. The van der Waals surface area contributed by atoms with Crippen LogP contribution in [0.4, 0.5) is 0 Å². The van der Waals surface area contributed by atoms with Gasteiger partial charge in [-0.3, -0.25) is 0 Å². The lowest BCUT2D eigenvalue weighted by molar-refractivity contribution is -0.677. The van der Waals surface area contributed by atoms with Crippen LogP contribution in [-0.2, 0) is 7.05 Å². The van der Waals surface area contributed by atoms with E-state index >= 15 is 0 Å². The molecule has 0 fully saturated rings. The van der Waals surface area contributed by atoms with Gasteiger partial charge in [0.25, 0.3) is 0 Å². The topological polar surface area (TPSA) is 41.2 Å². The number of hydrogen-bond donors (Lipinski definition) is 1. The van der Waals surface area contributed by atoms with Gasteiger partial charge in [-0.15, -0.1) is 0 Å². The largest absolute Gasteiger partial charge is 0.477 e. The van der Waals surface area contributed by atoms with Gasteiger partial charge in [0.2, 0.25) is 0 Å². The van der Waals surface area contributed by atoms with Crippen molar-refractivity contribution >= 4 is 5.97 Å². The Labute approximate surface area is 64.9 Å². The molecule has 0 spiro atoms. The zero-order chi connectivity index (χ0) is 8.43. The Morgan fingerprint density at radius 1 is 1.64 bits per heavy atom. The van der Waals surface area contributed by atoms with Gasteiger partial charge in [-0.2, -0.15) is 0 Å². The molecule has 0 saturated carbocycles. The third-order valence-electron chi connectivity index (χ3n) is 1.72. The normalized spacial score (nSPS) is 9.64. The molecular weight excluding hydrogens is 142 g/mol. The van der Waals surface area contributed by atoms with Crippen LogP contribution in [0.5, 0.6) is 0 Å². The molecule has 0 aliphatic rings. The van der Waals surface area contributed by atoms with E-state index in [2.05, 4.69) is 0 Å². The zero-order valence-corrected chi connectivity index (χ0v) is 6.53. The van der Waals surface area contributed by atoms with E-state index in [1.54, 1.807) is 23.6 Å². The van der Waals surface area contributed by atoms with E-state index in [1.165, 1.54) is 0 Å². The highest BCUT2D eigenvalue weighted by Gasteiger charge is 2.12. The van der Waals surface area contributed by atoms with E-state index in [0.29, 0.717) is 5.56 Å². The molecule has 11 heavy (non-hydrogen) atoms. The summed E-state index contributed by atoms with van der Waals surface area (Å²) in [5, 5.41) is 8.68. The molecule has 0 saturated heterocycles. The fourth-order valence-electron chi connectivity index (χ4n) is 0.917. The Morgan fingerprint density at radius 3 is 2.73 bits per heavy atom. The van der Waals surface area contributed by atoms with Gasteiger partial charge < -0.3 is 5.11 Å². The summed E-state index contributed by atoms with van der Waals surface area (Å²) >= 11 is 0. The molecule has 1 rings (SSSR count). The Hall–Kier alpha value is -1.38. The Kier molecular flexibility index (Phi) is 1.89. The highest BCUT2D eigenvalue weighted by Crippen LogP contribution is 2.00. The summed E-state index contributed by atoms with van der Waals surface area (Å²) in [7, 11) is 1.82. The van der Waals surface area contributed by atoms with Crippen molar-refractivity contribution in [1.82, 2.24) is 0 Å². The van der Waals surface area contributed by atoms with Crippen molar-refractivity contribution in [3.63, 3.8) is 0 Å². The zero-order valence-electron chi connectivity index (χ0n) is 6.53. The molecule has 0 bridgehead atoms. The lowest BCUT2D eigenvalue weighted by Gasteiger charge is -1.96. The van der Waals surface area contributed by atoms with Crippen LogP contribution in [0.15, 0.2) is 18.3 Å². The van der Waals surface area contributed by atoms with Crippen molar-refractivity contribution in [1.29, 1.82) is 0 Å². The summed E-state index contributed by atoms with van der Waals surface area (Å²) in [4.78, 5) is 10.6. The molecule has 0 amide bonds. The van der Waals surface area contributed by atoms with E-state index < -0.39 is 5.97 Å². The molecule has 1 aromatic heterocycles. The van der Waals surface area contributed by atoms with E-state index in [0.717, 1.165) is 5.69 Å². The SMILES string of the molecule is Cc1c(C(=O)O)ccc[n+]1C. The number of aryl methyl sites for hydroxylation is 1. The Morgan fingerprint density at radius 2 is 2.27 bits per heavy atom. The van der Waals surface area contributed by atoms with Gasteiger partial charge >= 0.3 is 5.97 Å². The minimum absolute atomic E-state index is 0.356. The second kappa shape index (κ2) is 2.70. The molecule has 1 N–H and O–H groups in total. The summed E-state index contributed by atoms with van der Waals surface area (Å²) in [6, 6.07) is 3.31. The number of rotatable bonds is 1. The molecule has 1 aromatic rings. The summed E-state index contributed by atoms with van der Waals surface area (Å²) in [6.07, 6.45) is 1.82. The second-order valence-corrected chi connectivity index (χ2v) is 2.42. The molecular formula is C8H10NO2+. The standard InChI is InChI=1S/C8H9NO2/c1-6-7(8(10)11)4-3-5-9(6)2/h3-5H,1-2H3/p+1. The van der Waals surface area contributed by atoms with Gasteiger partial charge in [0.05, 0.1) is 0 Å². The number of carboxylic acid groups (broad SMARTS) is 1. The average Bonchev–Trinajstić information content (AvgIpc) is 1.94. The van der Waals surface area contributed by atoms with Crippen LogP contribution in [0.25, 0.3) is 0 Å². The average molecular weight is 152 g/mol. The second-order valence-electron chi connectivity index (χ2n) is 2.42. The molecule has 1 heterocycles. The molecule has 0 aromatic carbocycles. The van der Waals surface area contributed by atoms with Gasteiger partial charge in [-0.25, -0.2) is 9.36 Å². The minimum Gasteiger partial charge on any atom is -0.477 e. The first kappa shape index (κ1) is 7.72. The van der Waals surface area contributed by atoms with Crippen LogP contribution < -0.4 is 4.57 Å². The highest BCUT2D eigenvalue weighted by molar-refractivity contribution is 5.88. The Balaban J connectivity index is 3.27. The molecule has 58 valence electrons. The number of carbonyl (C=O) groups is 1. The monoisotopic (exact) mass is 152 g/mol. The number of aromatic carboxylic acids is 1. The van der Waals surface area contributed by atoms with Crippen molar-refractivity contribution < 1.29 is 14.5 Å². The first-order chi connectivity index (χ1) is 5.13. The molecule has 3 heteroatoms. The van der Waals surface area contributed by atoms with Crippen molar-refractivity contribution in [3.05, 3.63) is 29.6 Å². The summed E-state index contributed by atoms with van der Waals surface area (Å²) in [6.45, 7) is 1.78. The molecule has 0 radical (unpaired) electrons. The van der Waals surface area contributed by atoms with E-state index in [4.69, 9.17) is 5.11 Å². The van der Waals surface area contributed by atoms with Crippen LogP contribution >= 0.6 is 0 Å². The van der Waals surface area contributed by atoms with Gasteiger partial charge in [0.1, 0.15) is 12.6 Å².